The van der Waals surface area contributed by atoms with Crippen LogP contribution in [0.4, 0.5) is 22.7 Å². The van der Waals surface area contributed by atoms with Crippen LogP contribution in [0, 0.1) is 0 Å². The number of fused-ring (bicyclic) bond motifs is 2. The lowest BCUT2D eigenvalue weighted by Gasteiger charge is -2.36. The van der Waals surface area contributed by atoms with Crippen molar-refractivity contribution in [3.63, 3.8) is 0 Å². The van der Waals surface area contributed by atoms with E-state index in [1.807, 2.05) is 9.80 Å². The first-order chi connectivity index (χ1) is 31.3. The molecule has 2 aromatic heterocycles. The van der Waals surface area contributed by atoms with Crippen LogP contribution >= 0.6 is 0 Å². The normalized spacial score (nSPS) is 16.1. The van der Waals surface area contributed by atoms with Gasteiger partial charge in [0.15, 0.2) is 11.4 Å². The molecule has 0 radical (unpaired) electrons. The first-order valence-corrected chi connectivity index (χ1v) is 22.5. The Morgan fingerprint density at radius 2 is 0.815 bits per heavy atom. The minimum Gasteiger partial charge on any atom is -0.378 e. The van der Waals surface area contributed by atoms with Crippen LogP contribution in [0.25, 0.3) is 12.2 Å². The molecule has 2 amide bonds. The Labute approximate surface area is 382 Å². The van der Waals surface area contributed by atoms with E-state index in [9.17, 15) is 9.59 Å². The molecule has 334 valence electrons. The van der Waals surface area contributed by atoms with Gasteiger partial charge in [0.25, 0.3) is 11.8 Å². The minimum absolute atomic E-state index is 0.0175. The highest BCUT2D eigenvalue weighted by Gasteiger charge is 2.40. The van der Waals surface area contributed by atoms with Crippen LogP contribution in [-0.2, 0) is 23.7 Å². The van der Waals surface area contributed by atoms with Crippen molar-refractivity contribution < 1.29 is 9.59 Å². The SMILES string of the molecule is CN(C)c1cccc(C2(c3cccc(N(C)C)c3)C=Cc3c(C(=O)N4CC4)n[nH]c3C2)c1.CN(C)c1cccc(C2(c3cccc(N(C)C)c3)C=Cc3c(C(=O)N4CCC4)n[nH]c3C2)c1. The summed E-state index contributed by atoms with van der Waals surface area (Å²) in [4.78, 5) is 37.8. The van der Waals surface area contributed by atoms with Gasteiger partial charge in [-0.25, -0.2) is 0 Å². The number of allylic oxidation sites excluding steroid dienone is 2. The summed E-state index contributed by atoms with van der Waals surface area (Å²) in [5.41, 5.74) is 13.7. The second kappa shape index (κ2) is 17.1. The van der Waals surface area contributed by atoms with E-state index in [1.54, 1.807) is 0 Å². The number of aromatic nitrogens is 4. The van der Waals surface area contributed by atoms with Gasteiger partial charge >= 0.3 is 0 Å². The Morgan fingerprint density at radius 1 is 0.492 bits per heavy atom. The molecule has 10 rings (SSSR count). The van der Waals surface area contributed by atoms with Crippen LogP contribution < -0.4 is 19.6 Å². The maximum Gasteiger partial charge on any atom is 0.275 e. The van der Waals surface area contributed by atoms with Crippen LogP contribution in [0.1, 0.15) is 72.2 Å². The number of hydrogen-bond acceptors (Lipinski definition) is 8. The fraction of sp³-hybridized carbons (Fsp3) is 0.321. The molecule has 2 aliphatic carbocycles. The topological polar surface area (TPSA) is 111 Å². The zero-order chi connectivity index (χ0) is 45.6. The number of nitrogens with one attached hydrogen (secondary N) is 2. The van der Waals surface area contributed by atoms with Crippen LogP contribution in [0.3, 0.4) is 0 Å². The summed E-state index contributed by atoms with van der Waals surface area (Å²) in [5, 5.41) is 15.3. The molecule has 2 aliphatic heterocycles. The number of likely N-dealkylation sites (tertiary alicyclic amines) is 1. The first-order valence-electron chi connectivity index (χ1n) is 22.5. The van der Waals surface area contributed by atoms with Crippen LogP contribution in [0.2, 0.25) is 0 Å². The lowest BCUT2D eigenvalue weighted by molar-refractivity contribution is 0.0645. The second-order valence-electron chi connectivity index (χ2n) is 18.6. The lowest BCUT2D eigenvalue weighted by atomic mass is 9.68. The van der Waals surface area contributed by atoms with Crippen molar-refractivity contribution in [1.29, 1.82) is 0 Å². The van der Waals surface area contributed by atoms with E-state index in [0.29, 0.717) is 24.2 Å². The summed E-state index contributed by atoms with van der Waals surface area (Å²) in [6.45, 7) is 3.29. The van der Waals surface area contributed by atoms with E-state index >= 15 is 0 Å². The fourth-order valence-corrected chi connectivity index (χ4v) is 9.30. The monoisotopic (exact) mass is 868 g/mol. The molecule has 0 unspecified atom stereocenters. The van der Waals surface area contributed by atoms with Crippen molar-refractivity contribution in [2.75, 3.05) is 102 Å². The van der Waals surface area contributed by atoms with Crippen LogP contribution in [0.5, 0.6) is 0 Å². The number of anilines is 4. The Kier molecular flexibility index (Phi) is 11.4. The second-order valence-corrected chi connectivity index (χ2v) is 18.6. The maximum absolute atomic E-state index is 12.9. The Morgan fingerprint density at radius 3 is 1.09 bits per heavy atom. The van der Waals surface area contributed by atoms with Gasteiger partial charge in [0.05, 0.1) is 0 Å². The van der Waals surface area contributed by atoms with E-state index in [1.165, 1.54) is 22.3 Å². The zero-order valence-corrected chi connectivity index (χ0v) is 38.9. The van der Waals surface area contributed by atoms with Crippen molar-refractivity contribution >= 4 is 46.7 Å². The van der Waals surface area contributed by atoms with Gasteiger partial charge in [0.1, 0.15) is 0 Å². The van der Waals surface area contributed by atoms with E-state index in [-0.39, 0.29) is 22.6 Å². The van der Waals surface area contributed by atoms with Crippen molar-refractivity contribution in [1.82, 2.24) is 30.2 Å². The van der Waals surface area contributed by atoms with Gasteiger partial charge in [-0.1, -0.05) is 72.8 Å². The Balaban J connectivity index is 0.000000164. The highest BCUT2D eigenvalue weighted by atomic mass is 16.2. The molecular weight excluding hydrogens is 809 g/mol. The number of carbonyl (C=O) groups excluding carboxylic acids is 2. The van der Waals surface area contributed by atoms with Gasteiger partial charge in [-0.3, -0.25) is 19.8 Å². The third-order valence-electron chi connectivity index (χ3n) is 13.5. The molecule has 2 saturated heterocycles. The number of H-pyrrole nitrogens is 2. The number of hydrogen-bond donors (Lipinski definition) is 2. The molecule has 6 aromatic rings. The predicted octanol–water partition coefficient (Wildman–Crippen LogP) is 7.50. The molecule has 65 heavy (non-hydrogen) atoms. The summed E-state index contributed by atoms with van der Waals surface area (Å²) in [5.74, 6) is 0.0453. The summed E-state index contributed by atoms with van der Waals surface area (Å²) in [7, 11) is 16.5. The molecule has 12 heteroatoms. The molecule has 12 nitrogen and oxygen atoms in total. The van der Waals surface area contributed by atoms with Gasteiger partial charge in [0, 0.05) is 151 Å². The van der Waals surface area contributed by atoms with E-state index in [4.69, 9.17) is 0 Å². The lowest BCUT2D eigenvalue weighted by Crippen LogP contribution is -2.42. The van der Waals surface area contributed by atoms with Crippen LogP contribution in [0.15, 0.2) is 109 Å². The molecule has 2 fully saturated rings. The highest BCUT2D eigenvalue weighted by Crippen LogP contribution is 2.45. The molecule has 2 N–H and O–H groups in total. The standard InChI is InChI=1S/C27H31N5O.C26H29N5O/c1-30(2)21-10-5-8-19(16-21)27(20-9-6-11-22(17-20)31(3)4)13-12-23-24(18-27)28-29-25(23)26(33)32-14-7-15-32;1-29(2)20-9-5-7-18(15-20)26(19-8-6-10-21(16-19)30(3)4)12-11-22-23(17-26)27-28-24(22)25(32)31-13-14-31/h5-6,8-13,16-17H,7,14-15,18H2,1-4H3,(H,28,29);5-12,15-16H,13-14,17H2,1-4H3,(H,27,28). The number of amides is 2. The van der Waals surface area contributed by atoms with Crippen molar-refractivity contribution in [2.45, 2.75) is 30.1 Å². The van der Waals surface area contributed by atoms with E-state index < -0.39 is 0 Å². The molecule has 4 aliphatic rings. The minimum atomic E-state index is -0.366. The summed E-state index contributed by atoms with van der Waals surface area (Å²) < 4.78 is 0. The average molecular weight is 869 g/mol. The predicted molar refractivity (Wildman–Crippen MR) is 264 cm³/mol. The number of rotatable bonds is 10. The average Bonchev–Trinajstić information content (AvgIpc) is 3.94. The molecule has 0 atom stereocenters. The summed E-state index contributed by atoms with van der Waals surface area (Å²) in [6.07, 6.45) is 11.2. The number of benzene rings is 4. The van der Waals surface area contributed by atoms with Crippen LogP contribution in [-0.4, -0.2) is 125 Å². The maximum atomic E-state index is 12.9. The van der Waals surface area contributed by atoms with Gasteiger partial charge in [-0.05, 0) is 77.2 Å². The third kappa shape index (κ3) is 8.06. The van der Waals surface area contributed by atoms with E-state index in [2.05, 4.69) is 218 Å². The van der Waals surface area contributed by atoms with Crippen molar-refractivity contribution in [3.8, 4) is 0 Å². The van der Waals surface area contributed by atoms with Crippen molar-refractivity contribution in [3.05, 3.63) is 165 Å². The number of aromatic amines is 2. The number of nitrogens with zero attached hydrogens (tertiary/aromatic N) is 8. The highest BCUT2D eigenvalue weighted by molar-refractivity contribution is 5.98. The van der Waals surface area contributed by atoms with Gasteiger partial charge in [-0.2, -0.15) is 10.2 Å². The molecule has 4 heterocycles. The summed E-state index contributed by atoms with van der Waals surface area (Å²) in [6, 6.07) is 34.8. The smallest absolute Gasteiger partial charge is 0.275 e. The quantitative estimate of drug-likeness (QED) is 0.136. The molecule has 0 spiro atoms. The zero-order valence-electron chi connectivity index (χ0n) is 38.9. The largest absolute Gasteiger partial charge is 0.378 e. The van der Waals surface area contributed by atoms with Gasteiger partial charge in [0.2, 0.25) is 0 Å². The summed E-state index contributed by atoms with van der Waals surface area (Å²) >= 11 is 0. The van der Waals surface area contributed by atoms with E-state index in [0.717, 1.165) is 77.9 Å². The van der Waals surface area contributed by atoms with Gasteiger partial charge in [-0.15, -0.1) is 0 Å². The Bertz CT molecular complexity index is 2700. The molecule has 0 saturated carbocycles. The number of carbonyl (C=O) groups is 2. The molecule has 0 bridgehead atoms. The van der Waals surface area contributed by atoms with Crippen molar-refractivity contribution in [2.24, 2.45) is 0 Å². The third-order valence-corrected chi connectivity index (χ3v) is 13.5. The molecular formula is C53H60N10O2. The fourth-order valence-electron chi connectivity index (χ4n) is 9.30. The van der Waals surface area contributed by atoms with Gasteiger partial charge < -0.3 is 29.4 Å². The first kappa shape index (κ1) is 43.2. The molecule has 4 aromatic carbocycles. The Hall–Kier alpha value is -7.08.